The summed E-state index contributed by atoms with van der Waals surface area (Å²) in [6.45, 7) is 0. The molecule has 0 saturated heterocycles. The topological polar surface area (TPSA) is 80.6 Å². The molecule has 0 aliphatic carbocycles. The van der Waals surface area contributed by atoms with Crippen LogP contribution in [0.2, 0.25) is 0 Å². The predicted molar refractivity (Wildman–Crippen MR) is 94.0 cm³/mol. The molecule has 0 fully saturated rings. The van der Waals surface area contributed by atoms with Crippen molar-refractivity contribution in [1.29, 1.82) is 5.26 Å². The average Bonchev–Trinajstić information content (AvgIpc) is 2.66. The fourth-order valence-electron chi connectivity index (χ4n) is 2.34. The van der Waals surface area contributed by atoms with Crippen LogP contribution in [0.25, 0.3) is 0 Å². The van der Waals surface area contributed by atoms with Crippen molar-refractivity contribution in [3.8, 4) is 23.3 Å². The monoisotopic (exact) mass is 340 g/mol. The lowest BCUT2D eigenvalue weighted by molar-refractivity contribution is -0.118. The Morgan fingerprint density at radius 1 is 1.04 bits per heavy atom. The average molecular weight is 340 g/mol. The molecule has 6 heteroatoms. The lowest BCUT2D eigenvalue weighted by atomic mass is 9.99. The van der Waals surface area contributed by atoms with Crippen LogP contribution in [-0.2, 0) is 11.2 Å². The van der Waals surface area contributed by atoms with Crippen LogP contribution in [0.15, 0.2) is 42.5 Å². The van der Waals surface area contributed by atoms with E-state index in [1.165, 1.54) is 0 Å². The molecule has 1 amide bonds. The summed E-state index contributed by atoms with van der Waals surface area (Å²) >= 11 is 0. The second-order valence-electron chi connectivity index (χ2n) is 5.29. The Hall–Kier alpha value is -3.20. The first-order valence-electron chi connectivity index (χ1n) is 7.66. The standard InChI is InChI=1S/C19H20N2O4/c1-23-16-7-5-15(6-8-16)21-19(22)14(12-20)10-13-4-9-17(24-2)18(11-13)25-3/h4-9,11,14H,10H2,1-3H3,(H,21,22)/t14-/m0/s1. The molecule has 2 aromatic carbocycles. The van der Waals surface area contributed by atoms with E-state index in [4.69, 9.17) is 14.2 Å². The Labute approximate surface area is 146 Å². The van der Waals surface area contributed by atoms with E-state index < -0.39 is 5.92 Å². The zero-order valence-corrected chi connectivity index (χ0v) is 14.4. The van der Waals surface area contributed by atoms with E-state index in [-0.39, 0.29) is 12.3 Å². The van der Waals surface area contributed by atoms with E-state index in [1.54, 1.807) is 57.7 Å². The summed E-state index contributed by atoms with van der Waals surface area (Å²) in [5, 5.41) is 12.1. The molecule has 6 nitrogen and oxygen atoms in total. The van der Waals surface area contributed by atoms with Crippen LogP contribution in [0.3, 0.4) is 0 Å². The van der Waals surface area contributed by atoms with Crippen LogP contribution in [0, 0.1) is 17.2 Å². The molecule has 2 aromatic rings. The number of carbonyl (C=O) groups excluding carboxylic acids is 1. The van der Waals surface area contributed by atoms with Crippen molar-refractivity contribution in [2.75, 3.05) is 26.6 Å². The number of ether oxygens (including phenoxy) is 3. The maximum Gasteiger partial charge on any atom is 0.242 e. The van der Waals surface area contributed by atoms with Gasteiger partial charge in [-0.05, 0) is 48.4 Å². The highest BCUT2D eigenvalue weighted by Gasteiger charge is 2.19. The molecule has 1 N–H and O–H groups in total. The predicted octanol–water partition coefficient (Wildman–Crippen LogP) is 3.03. The normalized spacial score (nSPS) is 11.1. The number of amides is 1. The Morgan fingerprint density at radius 3 is 2.28 bits per heavy atom. The van der Waals surface area contributed by atoms with Crippen molar-refractivity contribution in [2.24, 2.45) is 5.92 Å². The van der Waals surface area contributed by atoms with Crippen molar-refractivity contribution in [3.63, 3.8) is 0 Å². The van der Waals surface area contributed by atoms with E-state index in [0.29, 0.717) is 22.9 Å². The van der Waals surface area contributed by atoms with Crippen LogP contribution in [-0.4, -0.2) is 27.2 Å². The third kappa shape index (κ3) is 4.64. The van der Waals surface area contributed by atoms with Gasteiger partial charge in [-0.1, -0.05) is 6.07 Å². The summed E-state index contributed by atoms with van der Waals surface area (Å²) < 4.78 is 15.5. The number of hydrogen-bond donors (Lipinski definition) is 1. The van der Waals surface area contributed by atoms with Gasteiger partial charge in [-0.2, -0.15) is 5.26 Å². The van der Waals surface area contributed by atoms with Gasteiger partial charge in [0.2, 0.25) is 5.91 Å². The number of nitrogens with zero attached hydrogens (tertiary/aromatic N) is 1. The number of hydrogen-bond acceptors (Lipinski definition) is 5. The number of methoxy groups -OCH3 is 3. The third-order valence-corrected chi connectivity index (χ3v) is 3.72. The Balaban J connectivity index is 2.08. The van der Waals surface area contributed by atoms with Crippen molar-refractivity contribution in [1.82, 2.24) is 0 Å². The third-order valence-electron chi connectivity index (χ3n) is 3.72. The number of carbonyl (C=O) groups is 1. The van der Waals surface area contributed by atoms with Gasteiger partial charge in [-0.15, -0.1) is 0 Å². The van der Waals surface area contributed by atoms with Gasteiger partial charge in [0.05, 0.1) is 27.4 Å². The van der Waals surface area contributed by atoms with E-state index >= 15 is 0 Å². The highest BCUT2D eigenvalue weighted by atomic mass is 16.5. The first-order chi connectivity index (χ1) is 12.1. The van der Waals surface area contributed by atoms with Gasteiger partial charge in [-0.25, -0.2) is 0 Å². The molecule has 130 valence electrons. The number of nitriles is 1. The fraction of sp³-hybridized carbons (Fsp3) is 0.263. The second-order valence-corrected chi connectivity index (χ2v) is 5.29. The molecule has 0 radical (unpaired) electrons. The van der Waals surface area contributed by atoms with Crippen molar-refractivity contribution >= 4 is 11.6 Å². The Bertz CT molecular complexity index is 766. The minimum absolute atomic E-state index is 0.277. The molecule has 0 aliphatic rings. The highest BCUT2D eigenvalue weighted by Crippen LogP contribution is 2.28. The molecule has 25 heavy (non-hydrogen) atoms. The Kier molecular flexibility index (Phi) is 6.24. The smallest absolute Gasteiger partial charge is 0.242 e. The molecule has 1 atom stereocenters. The van der Waals surface area contributed by atoms with Gasteiger partial charge in [0.25, 0.3) is 0 Å². The molecule has 0 bridgehead atoms. The summed E-state index contributed by atoms with van der Waals surface area (Å²) in [6, 6.07) is 14.3. The van der Waals surface area contributed by atoms with E-state index in [2.05, 4.69) is 11.4 Å². The van der Waals surface area contributed by atoms with E-state index in [0.717, 1.165) is 5.56 Å². The van der Waals surface area contributed by atoms with Crippen molar-refractivity contribution < 1.29 is 19.0 Å². The summed E-state index contributed by atoms with van der Waals surface area (Å²) in [5.41, 5.74) is 1.42. The van der Waals surface area contributed by atoms with Gasteiger partial charge in [0.1, 0.15) is 11.7 Å². The van der Waals surface area contributed by atoms with Crippen LogP contribution in [0.1, 0.15) is 5.56 Å². The fourth-order valence-corrected chi connectivity index (χ4v) is 2.34. The first kappa shape index (κ1) is 18.1. The SMILES string of the molecule is COc1ccc(NC(=O)[C@H](C#N)Cc2ccc(OC)c(OC)c2)cc1. The number of anilines is 1. The van der Waals surface area contributed by atoms with Crippen LogP contribution >= 0.6 is 0 Å². The molecule has 0 saturated carbocycles. The molecule has 2 rings (SSSR count). The first-order valence-corrected chi connectivity index (χ1v) is 7.66. The lowest BCUT2D eigenvalue weighted by Gasteiger charge is -2.13. The summed E-state index contributed by atoms with van der Waals surface area (Å²) in [6.07, 6.45) is 0.277. The maximum absolute atomic E-state index is 12.4. The van der Waals surface area contributed by atoms with Gasteiger partial charge in [0, 0.05) is 5.69 Å². The number of nitrogens with one attached hydrogen (secondary N) is 1. The lowest BCUT2D eigenvalue weighted by Crippen LogP contribution is -2.23. The highest BCUT2D eigenvalue weighted by molar-refractivity contribution is 5.94. The van der Waals surface area contributed by atoms with Crippen molar-refractivity contribution in [3.05, 3.63) is 48.0 Å². The second kappa shape index (κ2) is 8.60. The van der Waals surface area contributed by atoms with E-state index in [1.807, 2.05) is 6.07 Å². The summed E-state index contributed by atoms with van der Waals surface area (Å²) in [5.74, 6) is 0.678. The molecule has 0 unspecified atom stereocenters. The minimum Gasteiger partial charge on any atom is -0.497 e. The summed E-state index contributed by atoms with van der Waals surface area (Å²) in [4.78, 5) is 12.4. The van der Waals surface area contributed by atoms with Crippen molar-refractivity contribution in [2.45, 2.75) is 6.42 Å². The molecule has 0 heterocycles. The van der Waals surface area contributed by atoms with Crippen LogP contribution < -0.4 is 19.5 Å². The van der Waals surface area contributed by atoms with E-state index in [9.17, 15) is 10.1 Å². The number of rotatable bonds is 7. The minimum atomic E-state index is -0.819. The molecular weight excluding hydrogens is 320 g/mol. The molecule has 0 spiro atoms. The van der Waals surface area contributed by atoms with Gasteiger partial charge >= 0.3 is 0 Å². The van der Waals surface area contributed by atoms with Gasteiger partial charge < -0.3 is 19.5 Å². The quantitative estimate of drug-likeness (QED) is 0.838. The molecular formula is C19H20N2O4. The zero-order valence-electron chi connectivity index (χ0n) is 14.4. The Morgan fingerprint density at radius 2 is 1.72 bits per heavy atom. The van der Waals surface area contributed by atoms with Gasteiger partial charge in [-0.3, -0.25) is 4.79 Å². The van der Waals surface area contributed by atoms with Crippen LogP contribution in [0.5, 0.6) is 17.2 Å². The van der Waals surface area contributed by atoms with Gasteiger partial charge in [0.15, 0.2) is 11.5 Å². The zero-order chi connectivity index (χ0) is 18.2. The summed E-state index contributed by atoms with van der Waals surface area (Å²) in [7, 11) is 4.67. The molecule has 0 aliphatic heterocycles. The molecule has 0 aromatic heterocycles. The maximum atomic E-state index is 12.4. The number of benzene rings is 2. The largest absolute Gasteiger partial charge is 0.497 e. The van der Waals surface area contributed by atoms with Crippen LogP contribution in [0.4, 0.5) is 5.69 Å².